The maximum absolute atomic E-state index is 12.3. The van der Waals surface area contributed by atoms with Gasteiger partial charge in [-0.2, -0.15) is 0 Å². The molecule has 0 bridgehead atoms. The molecular weight excluding hydrogens is 264 g/mol. The average Bonchev–Trinajstić information content (AvgIpc) is 2.47. The molecule has 1 heterocycles. The van der Waals surface area contributed by atoms with Crippen LogP contribution in [0.1, 0.15) is 25.0 Å². The summed E-state index contributed by atoms with van der Waals surface area (Å²) in [5, 5.41) is 8.76. The molecule has 0 aliphatic carbocycles. The molecule has 1 aliphatic heterocycles. The summed E-state index contributed by atoms with van der Waals surface area (Å²) in [7, 11) is 1.85. The van der Waals surface area contributed by atoms with E-state index in [1.807, 2.05) is 45.2 Å². The Balaban J connectivity index is 2.16. The summed E-state index contributed by atoms with van der Waals surface area (Å²) >= 11 is 0. The topological polar surface area (TPSA) is 43.8 Å². The fraction of sp³-hybridized carbons (Fsp3) is 0.471. The zero-order chi connectivity index (χ0) is 15.5. The minimum absolute atomic E-state index is 0.135. The molecular formula is C17H22N2O2. The number of nitrogens with zero attached hydrogens (tertiary/aromatic N) is 2. The van der Waals surface area contributed by atoms with E-state index in [1.54, 1.807) is 4.90 Å². The van der Waals surface area contributed by atoms with Crippen LogP contribution in [-0.2, 0) is 11.3 Å². The number of benzene rings is 1. The van der Waals surface area contributed by atoms with Crippen molar-refractivity contribution in [3.8, 4) is 11.8 Å². The lowest BCUT2D eigenvalue weighted by molar-refractivity contribution is -0.147. The average molecular weight is 286 g/mol. The van der Waals surface area contributed by atoms with Crippen molar-refractivity contribution in [3.05, 3.63) is 35.4 Å². The highest BCUT2D eigenvalue weighted by molar-refractivity contribution is 5.86. The van der Waals surface area contributed by atoms with Gasteiger partial charge in [-0.3, -0.25) is 9.69 Å². The predicted octanol–water partition coefficient (Wildman–Crippen LogP) is 1.08. The molecule has 1 aromatic rings. The Labute approximate surface area is 126 Å². The molecule has 0 saturated carbocycles. The van der Waals surface area contributed by atoms with E-state index < -0.39 is 5.54 Å². The molecule has 0 atom stereocenters. The largest absolute Gasteiger partial charge is 0.384 e. The van der Waals surface area contributed by atoms with Gasteiger partial charge in [0.15, 0.2) is 0 Å². The van der Waals surface area contributed by atoms with Gasteiger partial charge >= 0.3 is 0 Å². The van der Waals surface area contributed by atoms with Gasteiger partial charge in [0, 0.05) is 32.2 Å². The first-order valence-electron chi connectivity index (χ1n) is 7.14. The molecule has 4 heteroatoms. The molecule has 4 nitrogen and oxygen atoms in total. The molecule has 1 N–H and O–H groups in total. The molecule has 112 valence electrons. The highest BCUT2D eigenvalue weighted by Crippen LogP contribution is 2.24. The highest BCUT2D eigenvalue weighted by Gasteiger charge is 2.40. The van der Waals surface area contributed by atoms with Crippen LogP contribution in [0.4, 0.5) is 0 Å². The second-order valence-corrected chi connectivity index (χ2v) is 5.87. The van der Waals surface area contributed by atoms with Gasteiger partial charge < -0.3 is 10.0 Å². The van der Waals surface area contributed by atoms with Crippen LogP contribution in [-0.4, -0.2) is 53.1 Å². The van der Waals surface area contributed by atoms with Gasteiger partial charge in [0.05, 0.1) is 5.54 Å². The van der Waals surface area contributed by atoms with Gasteiger partial charge in [0.25, 0.3) is 0 Å². The van der Waals surface area contributed by atoms with Crippen LogP contribution >= 0.6 is 0 Å². The van der Waals surface area contributed by atoms with E-state index in [0.29, 0.717) is 0 Å². The summed E-state index contributed by atoms with van der Waals surface area (Å²) in [5.74, 6) is 5.73. The Morgan fingerprint density at radius 2 is 2.10 bits per heavy atom. The summed E-state index contributed by atoms with van der Waals surface area (Å²) in [6.45, 7) is 6.15. The Hall–Kier alpha value is -1.83. The van der Waals surface area contributed by atoms with Crippen LogP contribution in [0.3, 0.4) is 0 Å². The van der Waals surface area contributed by atoms with Crippen LogP contribution in [0.25, 0.3) is 0 Å². The Kier molecular flexibility index (Phi) is 4.66. The van der Waals surface area contributed by atoms with Gasteiger partial charge in [-0.1, -0.05) is 24.0 Å². The third kappa shape index (κ3) is 3.44. The van der Waals surface area contributed by atoms with Gasteiger partial charge in [0.1, 0.15) is 6.61 Å². The summed E-state index contributed by atoms with van der Waals surface area (Å²) in [6, 6.07) is 7.94. The third-order valence-corrected chi connectivity index (χ3v) is 3.98. The zero-order valence-electron chi connectivity index (χ0n) is 12.9. The standard InChI is InChI=1S/C17H22N2O2/c1-17(2)16(21)18(3)9-10-19(17)13-15-7-4-6-14(12-15)8-5-11-20/h4,6-7,12,20H,9-11,13H2,1-3H3. The van der Waals surface area contributed by atoms with Crippen molar-refractivity contribution in [2.24, 2.45) is 0 Å². The fourth-order valence-corrected chi connectivity index (χ4v) is 2.64. The van der Waals surface area contributed by atoms with Crippen molar-refractivity contribution in [1.29, 1.82) is 0 Å². The molecule has 0 aromatic heterocycles. The van der Waals surface area contributed by atoms with Crippen LogP contribution < -0.4 is 0 Å². The van der Waals surface area contributed by atoms with E-state index in [-0.39, 0.29) is 12.5 Å². The Morgan fingerprint density at radius 3 is 2.81 bits per heavy atom. The highest BCUT2D eigenvalue weighted by atomic mass is 16.2. The van der Waals surface area contributed by atoms with E-state index >= 15 is 0 Å². The van der Waals surface area contributed by atoms with Crippen LogP contribution in [0.15, 0.2) is 24.3 Å². The van der Waals surface area contributed by atoms with Crippen LogP contribution in [0, 0.1) is 11.8 Å². The van der Waals surface area contributed by atoms with Crippen molar-refractivity contribution >= 4 is 5.91 Å². The molecule has 2 rings (SSSR count). The molecule has 1 amide bonds. The number of amides is 1. The van der Waals surface area contributed by atoms with Crippen molar-refractivity contribution < 1.29 is 9.90 Å². The molecule has 1 fully saturated rings. The smallest absolute Gasteiger partial charge is 0.242 e. The second kappa shape index (κ2) is 6.30. The number of aliphatic hydroxyl groups excluding tert-OH is 1. The van der Waals surface area contributed by atoms with Gasteiger partial charge in [-0.05, 0) is 31.5 Å². The number of piperazine rings is 1. The molecule has 1 aromatic carbocycles. The number of likely N-dealkylation sites (N-methyl/N-ethyl adjacent to an activating group) is 1. The fourth-order valence-electron chi connectivity index (χ4n) is 2.64. The van der Waals surface area contributed by atoms with E-state index in [9.17, 15) is 4.79 Å². The number of hydrogen-bond donors (Lipinski definition) is 1. The molecule has 0 spiro atoms. The molecule has 1 aliphatic rings. The molecule has 1 saturated heterocycles. The van der Waals surface area contributed by atoms with Gasteiger partial charge in [-0.15, -0.1) is 0 Å². The number of rotatable bonds is 2. The van der Waals surface area contributed by atoms with Crippen LogP contribution in [0.2, 0.25) is 0 Å². The van der Waals surface area contributed by atoms with Crippen LogP contribution in [0.5, 0.6) is 0 Å². The van der Waals surface area contributed by atoms with E-state index in [4.69, 9.17) is 5.11 Å². The summed E-state index contributed by atoms with van der Waals surface area (Å²) in [4.78, 5) is 16.3. The Bertz CT molecular complexity index is 584. The molecule has 0 radical (unpaired) electrons. The monoisotopic (exact) mass is 286 g/mol. The lowest BCUT2D eigenvalue weighted by atomic mass is 9.96. The number of aliphatic hydroxyl groups is 1. The van der Waals surface area contributed by atoms with Gasteiger partial charge in [-0.25, -0.2) is 0 Å². The normalized spacial score (nSPS) is 18.3. The maximum Gasteiger partial charge on any atom is 0.242 e. The maximum atomic E-state index is 12.3. The SMILES string of the molecule is CN1CCN(Cc2cccc(C#CCO)c2)C(C)(C)C1=O. The second-order valence-electron chi connectivity index (χ2n) is 5.87. The zero-order valence-corrected chi connectivity index (χ0v) is 12.9. The lowest BCUT2D eigenvalue weighted by Gasteiger charge is -2.44. The summed E-state index contributed by atoms with van der Waals surface area (Å²) in [6.07, 6.45) is 0. The first-order chi connectivity index (χ1) is 9.95. The predicted molar refractivity (Wildman–Crippen MR) is 82.5 cm³/mol. The molecule has 0 unspecified atom stereocenters. The van der Waals surface area contributed by atoms with Crippen molar-refractivity contribution in [1.82, 2.24) is 9.80 Å². The first kappa shape index (κ1) is 15.6. The quantitative estimate of drug-likeness (QED) is 0.828. The summed E-state index contributed by atoms with van der Waals surface area (Å²) < 4.78 is 0. The minimum Gasteiger partial charge on any atom is -0.384 e. The number of carbonyl (C=O) groups is 1. The third-order valence-electron chi connectivity index (χ3n) is 3.98. The van der Waals surface area contributed by atoms with Crippen molar-refractivity contribution in [3.63, 3.8) is 0 Å². The van der Waals surface area contributed by atoms with E-state index in [0.717, 1.165) is 30.8 Å². The Morgan fingerprint density at radius 1 is 1.33 bits per heavy atom. The van der Waals surface area contributed by atoms with Gasteiger partial charge in [0.2, 0.25) is 5.91 Å². The number of carbonyl (C=O) groups excluding carboxylic acids is 1. The lowest BCUT2D eigenvalue weighted by Crippen LogP contribution is -2.61. The molecule has 21 heavy (non-hydrogen) atoms. The first-order valence-corrected chi connectivity index (χ1v) is 7.14. The number of hydrogen-bond acceptors (Lipinski definition) is 3. The van der Waals surface area contributed by atoms with Crippen molar-refractivity contribution in [2.45, 2.75) is 25.9 Å². The minimum atomic E-state index is -0.486. The van der Waals surface area contributed by atoms with E-state index in [2.05, 4.69) is 16.7 Å². The summed E-state index contributed by atoms with van der Waals surface area (Å²) in [5.41, 5.74) is 1.53. The van der Waals surface area contributed by atoms with Crippen molar-refractivity contribution in [2.75, 3.05) is 26.7 Å². The van der Waals surface area contributed by atoms with E-state index in [1.165, 1.54) is 0 Å².